The average Bonchev–Trinajstić information content (AvgIpc) is 3.27. The van der Waals surface area contributed by atoms with Crippen LogP contribution >= 0.6 is 0 Å². The van der Waals surface area contributed by atoms with Gasteiger partial charge in [-0.25, -0.2) is 0 Å². The predicted molar refractivity (Wildman–Crippen MR) is 68.5 cm³/mol. The summed E-state index contributed by atoms with van der Waals surface area (Å²) in [5, 5.41) is 8.66. The smallest absolute Gasteiger partial charge is 0.241 e. The summed E-state index contributed by atoms with van der Waals surface area (Å²) in [5.74, 6) is -0.232. The molecule has 5 nitrogen and oxygen atoms in total. The van der Waals surface area contributed by atoms with Crippen molar-refractivity contribution in [3.8, 4) is 6.07 Å². The molecule has 1 aliphatic rings. The minimum atomic E-state index is -0.210. The molecule has 0 bridgehead atoms. The summed E-state index contributed by atoms with van der Waals surface area (Å²) in [6.45, 7) is 0. The molecule has 2 N–H and O–H groups in total. The first-order valence-corrected chi connectivity index (χ1v) is 6.27. The van der Waals surface area contributed by atoms with Crippen LogP contribution in [0.5, 0.6) is 0 Å². The van der Waals surface area contributed by atoms with Crippen LogP contribution in [0.4, 0.5) is 0 Å². The first-order valence-electron chi connectivity index (χ1n) is 6.27. The number of amides is 2. The second-order valence-electron chi connectivity index (χ2n) is 4.62. The van der Waals surface area contributed by atoms with E-state index in [1.165, 1.54) is 0 Å². The summed E-state index contributed by atoms with van der Waals surface area (Å²) >= 11 is 0. The average molecular weight is 257 g/mol. The SMILES string of the molecule is N#Cc1ccc(CCC(=O)NNC(=O)C2CC2)cc1. The molecule has 0 heterocycles. The summed E-state index contributed by atoms with van der Waals surface area (Å²) in [6.07, 6.45) is 2.70. The van der Waals surface area contributed by atoms with E-state index < -0.39 is 0 Å². The van der Waals surface area contributed by atoms with Gasteiger partial charge in [-0.05, 0) is 37.0 Å². The number of nitriles is 1. The monoisotopic (exact) mass is 257 g/mol. The molecule has 0 spiro atoms. The number of carbonyl (C=O) groups excluding carboxylic acids is 2. The summed E-state index contributed by atoms with van der Waals surface area (Å²) in [7, 11) is 0. The third kappa shape index (κ3) is 4.11. The Kier molecular flexibility index (Phi) is 4.14. The fraction of sp³-hybridized carbons (Fsp3) is 0.357. The third-order valence-electron chi connectivity index (χ3n) is 3.00. The molecule has 0 aromatic heterocycles. The van der Waals surface area contributed by atoms with Crippen molar-refractivity contribution in [2.24, 2.45) is 5.92 Å². The van der Waals surface area contributed by atoms with Crippen LogP contribution < -0.4 is 10.9 Å². The summed E-state index contributed by atoms with van der Waals surface area (Å²) in [6, 6.07) is 9.15. The van der Waals surface area contributed by atoms with Crippen LogP contribution in [-0.4, -0.2) is 11.8 Å². The number of hydrogen-bond donors (Lipinski definition) is 2. The Morgan fingerprint density at radius 2 is 1.89 bits per heavy atom. The lowest BCUT2D eigenvalue weighted by Gasteiger charge is -2.06. The van der Waals surface area contributed by atoms with Gasteiger partial charge in [-0.3, -0.25) is 20.4 Å². The van der Waals surface area contributed by atoms with Gasteiger partial charge in [0.1, 0.15) is 0 Å². The molecule has 2 amide bonds. The van der Waals surface area contributed by atoms with Gasteiger partial charge in [-0.2, -0.15) is 5.26 Å². The van der Waals surface area contributed by atoms with Gasteiger partial charge in [-0.1, -0.05) is 12.1 Å². The van der Waals surface area contributed by atoms with Crippen molar-refractivity contribution in [1.82, 2.24) is 10.9 Å². The highest BCUT2D eigenvalue weighted by Gasteiger charge is 2.29. The zero-order chi connectivity index (χ0) is 13.7. The molecule has 98 valence electrons. The highest BCUT2D eigenvalue weighted by Crippen LogP contribution is 2.28. The van der Waals surface area contributed by atoms with Crippen LogP contribution in [0.15, 0.2) is 24.3 Å². The van der Waals surface area contributed by atoms with Gasteiger partial charge >= 0.3 is 0 Å². The van der Waals surface area contributed by atoms with Crippen molar-refractivity contribution < 1.29 is 9.59 Å². The highest BCUT2D eigenvalue weighted by atomic mass is 16.2. The number of aryl methyl sites for hydroxylation is 1. The molecule has 0 radical (unpaired) electrons. The van der Waals surface area contributed by atoms with Gasteiger partial charge < -0.3 is 0 Å². The second kappa shape index (κ2) is 6.01. The van der Waals surface area contributed by atoms with Gasteiger partial charge in [0.2, 0.25) is 11.8 Å². The Morgan fingerprint density at radius 3 is 2.47 bits per heavy atom. The number of nitrogens with zero attached hydrogens (tertiary/aromatic N) is 1. The maximum atomic E-state index is 11.5. The Hall–Kier alpha value is -2.35. The number of nitrogens with one attached hydrogen (secondary N) is 2. The first-order chi connectivity index (χ1) is 9.19. The van der Waals surface area contributed by atoms with E-state index in [4.69, 9.17) is 5.26 Å². The molecular weight excluding hydrogens is 242 g/mol. The molecule has 1 aromatic carbocycles. The standard InChI is InChI=1S/C14H15N3O2/c15-9-11-3-1-10(2-4-11)5-8-13(18)16-17-14(19)12-6-7-12/h1-4,12H,5-8H2,(H,16,18)(H,17,19). The minimum absolute atomic E-state index is 0.0822. The molecule has 1 aromatic rings. The van der Waals surface area contributed by atoms with Crippen molar-refractivity contribution in [2.45, 2.75) is 25.7 Å². The largest absolute Gasteiger partial charge is 0.273 e. The van der Waals surface area contributed by atoms with E-state index >= 15 is 0 Å². The Morgan fingerprint density at radius 1 is 1.21 bits per heavy atom. The van der Waals surface area contributed by atoms with E-state index in [1.807, 2.05) is 18.2 Å². The minimum Gasteiger partial charge on any atom is -0.273 e. The van der Waals surface area contributed by atoms with Crippen molar-refractivity contribution >= 4 is 11.8 Å². The molecule has 1 aliphatic carbocycles. The Labute approximate surface area is 111 Å². The Bertz CT molecular complexity index is 512. The van der Waals surface area contributed by atoms with Crippen molar-refractivity contribution in [2.75, 3.05) is 0 Å². The lowest BCUT2D eigenvalue weighted by molar-refractivity contribution is -0.129. The lowest BCUT2D eigenvalue weighted by Crippen LogP contribution is -2.42. The van der Waals surface area contributed by atoms with E-state index in [0.717, 1.165) is 18.4 Å². The predicted octanol–water partition coefficient (Wildman–Crippen LogP) is 1.05. The molecule has 0 aliphatic heterocycles. The van der Waals surface area contributed by atoms with E-state index in [2.05, 4.69) is 10.9 Å². The van der Waals surface area contributed by atoms with Crippen molar-refractivity contribution in [3.63, 3.8) is 0 Å². The molecule has 1 fully saturated rings. The number of carbonyl (C=O) groups is 2. The molecule has 0 atom stereocenters. The number of hydrazine groups is 1. The van der Waals surface area contributed by atoms with Crippen LogP contribution in [0.25, 0.3) is 0 Å². The zero-order valence-electron chi connectivity index (χ0n) is 10.5. The summed E-state index contributed by atoms with van der Waals surface area (Å²) in [4.78, 5) is 22.8. The van der Waals surface area contributed by atoms with Crippen LogP contribution in [0, 0.1) is 17.2 Å². The molecule has 2 rings (SSSR count). The van der Waals surface area contributed by atoms with Crippen LogP contribution in [-0.2, 0) is 16.0 Å². The van der Waals surface area contributed by atoms with Crippen molar-refractivity contribution in [1.29, 1.82) is 5.26 Å². The van der Waals surface area contributed by atoms with Crippen LogP contribution in [0.2, 0.25) is 0 Å². The lowest BCUT2D eigenvalue weighted by atomic mass is 10.1. The summed E-state index contributed by atoms with van der Waals surface area (Å²) in [5.41, 5.74) is 6.41. The fourth-order valence-electron chi connectivity index (χ4n) is 1.65. The van der Waals surface area contributed by atoms with E-state index in [0.29, 0.717) is 18.4 Å². The van der Waals surface area contributed by atoms with Gasteiger partial charge in [0.15, 0.2) is 0 Å². The van der Waals surface area contributed by atoms with Gasteiger partial charge in [0, 0.05) is 12.3 Å². The normalized spacial score (nSPS) is 13.4. The molecule has 0 unspecified atom stereocenters. The van der Waals surface area contributed by atoms with Crippen molar-refractivity contribution in [3.05, 3.63) is 35.4 Å². The topological polar surface area (TPSA) is 82.0 Å². The number of benzene rings is 1. The Balaban J connectivity index is 1.70. The molecule has 1 saturated carbocycles. The maximum absolute atomic E-state index is 11.5. The highest BCUT2D eigenvalue weighted by molar-refractivity contribution is 5.84. The maximum Gasteiger partial charge on any atom is 0.241 e. The van der Waals surface area contributed by atoms with E-state index in [-0.39, 0.29) is 17.7 Å². The quantitative estimate of drug-likeness (QED) is 0.791. The van der Waals surface area contributed by atoms with Gasteiger partial charge in [-0.15, -0.1) is 0 Å². The van der Waals surface area contributed by atoms with Gasteiger partial charge in [0.05, 0.1) is 11.6 Å². The third-order valence-corrected chi connectivity index (χ3v) is 3.00. The summed E-state index contributed by atoms with van der Waals surface area (Å²) < 4.78 is 0. The molecule has 5 heteroatoms. The van der Waals surface area contributed by atoms with E-state index in [9.17, 15) is 9.59 Å². The second-order valence-corrected chi connectivity index (χ2v) is 4.62. The zero-order valence-corrected chi connectivity index (χ0v) is 10.5. The van der Waals surface area contributed by atoms with Gasteiger partial charge in [0.25, 0.3) is 0 Å². The molecule has 19 heavy (non-hydrogen) atoms. The molecular formula is C14H15N3O2. The first kappa shape index (κ1) is 13.1. The van der Waals surface area contributed by atoms with Crippen LogP contribution in [0.1, 0.15) is 30.4 Å². The number of rotatable bonds is 4. The van der Waals surface area contributed by atoms with Crippen LogP contribution in [0.3, 0.4) is 0 Å². The van der Waals surface area contributed by atoms with E-state index in [1.54, 1.807) is 12.1 Å². The number of hydrogen-bond acceptors (Lipinski definition) is 3. The molecule has 0 saturated heterocycles. The fourth-order valence-corrected chi connectivity index (χ4v) is 1.65.